The SMILES string of the molecule is O=C(CC[NH+]1CC[NH+]2CCCC[C@@H]2C1)N1c2ccccc2Sc2ccc(C(F)(F)F)cc21. The van der Waals surface area contributed by atoms with E-state index in [0.717, 1.165) is 43.2 Å². The van der Waals surface area contributed by atoms with E-state index < -0.39 is 11.7 Å². The van der Waals surface area contributed by atoms with Gasteiger partial charge >= 0.3 is 6.18 Å². The van der Waals surface area contributed by atoms with Crippen LogP contribution in [0.1, 0.15) is 31.2 Å². The van der Waals surface area contributed by atoms with Crippen molar-refractivity contribution in [3.8, 4) is 0 Å². The molecule has 0 saturated carbocycles. The van der Waals surface area contributed by atoms with Crippen LogP contribution in [0.2, 0.25) is 0 Å². The van der Waals surface area contributed by atoms with Crippen LogP contribution in [0.25, 0.3) is 0 Å². The number of alkyl halides is 3. The Bertz CT molecular complexity index is 1010. The van der Waals surface area contributed by atoms with Crippen LogP contribution in [0.15, 0.2) is 52.3 Å². The third kappa shape index (κ3) is 4.28. The van der Waals surface area contributed by atoms with E-state index in [0.29, 0.717) is 28.7 Å². The van der Waals surface area contributed by atoms with Crippen LogP contribution in [0.4, 0.5) is 24.5 Å². The number of halogens is 3. The first-order valence-corrected chi connectivity index (χ1v) is 12.2. The maximum Gasteiger partial charge on any atom is 0.416 e. The van der Waals surface area contributed by atoms with Gasteiger partial charge < -0.3 is 9.80 Å². The number of piperidine rings is 1. The van der Waals surface area contributed by atoms with E-state index in [9.17, 15) is 18.0 Å². The number of benzene rings is 2. The van der Waals surface area contributed by atoms with Gasteiger partial charge in [-0.2, -0.15) is 13.2 Å². The Morgan fingerprint density at radius 3 is 2.69 bits per heavy atom. The van der Waals surface area contributed by atoms with E-state index >= 15 is 0 Å². The van der Waals surface area contributed by atoms with Crippen LogP contribution in [-0.4, -0.2) is 44.7 Å². The Hall–Kier alpha value is -2.03. The van der Waals surface area contributed by atoms with Gasteiger partial charge in [-0.15, -0.1) is 0 Å². The molecule has 2 unspecified atom stereocenters. The zero-order valence-electron chi connectivity index (χ0n) is 17.9. The maximum absolute atomic E-state index is 13.4. The average Bonchev–Trinajstić information content (AvgIpc) is 2.80. The summed E-state index contributed by atoms with van der Waals surface area (Å²) >= 11 is 1.41. The number of nitrogens with one attached hydrogen (secondary N) is 2. The van der Waals surface area contributed by atoms with Gasteiger partial charge in [-0.3, -0.25) is 9.69 Å². The van der Waals surface area contributed by atoms with Crippen molar-refractivity contribution in [3.63, 3.8) is 0 Å². The molecular weight excluding hydrogens is 435 g/mol. The fraction of sp³-hybridized carbons (Fsp3) is 0.458. The number of nitrogens with zero attached hydrogens (tertiary/aromatic N) is 1. The van der Waals surface area contributed by atoms with Crippen molar-refractivity contribution >= 4 is 29.0 Å². The highest BCUT2D eigenvalue weighted by Gasteiger charge is 2.37. The van der Waals surface area contributed by atoms with E-state index in [1.54, 1.807) is 4.90 Å². The van der Waals surface area contributed by atoms with Crippen LogP contribution < -0.4 is 14.7 Å². The van der Waals surface area contributed by atoms with Crippen LogP contribution in [0, 0.1) is 0 Å². The number of anilines is 2. The van der Waals surface area contributed by atoms with Crippen molar-refractivity contribution in [2.45, 2.75) is 47.7 Å². The summed E-state index contributed by atoms with van der Waals surface area (Å²) < 4.78 is 40.2. The lowest BCUT2D eigenvalue weighted by molar-refractivity contribution is -1.03. The molecule has 2 fully saturated rings. The minimum atomic E-state index is -4.45. The number of para-hydroxylation sites is 1. The van der Waals surface area contributed by atoms with Crippen molar-refractivity contribution in [2.24, 2.45) is 0 Å². The van der Waals surface area contributed by atoms with Gasteiger partial charge in [-0.25, -0.2) is 0 Å². The second kappa shape index (κ2) is 8.72. The summed E-state index contributed by atoms with van der Waals surface area (Å²) in [6.45, 7) is 5.28. The topological polar surface area (TPSA) is 29.2 Å². The second-order valence-corrected chi connectivity index (χ2v) is 10.1. The molecule has 0 aromatic heterocycles. The third-order valence-corrected chi connectivity index (χ3v) is 8.14. The number of piperazine rings is 1. The summed E-state index contributed by atoms with van der Waals surface area (Å²) in [4.78, 5) is 19.7. The van der Waals surface area contributed by atoms with Gasteiger partial charge in [0.1, 0.15) is 25.7 Å². The van der Waals surface area contributed by atoms with Gasteiger partial charge in [0.05, 0.1) is 36.4 Å². The van der Waals surface area contributed by atoms with Crippen LogP contribution in [0.3, 0.4) is 0 Å². The molecule has 0 bridgehead atoms. The molecule has 8 heteroatoms. The minimum absolute atomic E-state index is 0.135. The highest BCUT2D eigenvalue weighted by atomic mass is 32.2. The molecule has 2 saturated heterocycles. The largest absolute Gasteiger partial charge is 0.416 e. The highest BCUT2D eigenvalue weighted by molar-refractivity contribution is 7.99. The molecule has 3 aliphatic heterocycles. The van der Waals surface area contributed by atoms with Crippen LogP contribution >= 0.6 is 11.8 Å². The molecule has 2 aromatic rings. The molecule has 2 aromatic carbocycles. The standard InChI is InChI=1S/C24H26F3N3OS/c25-24(26,27)17-8-9-22-20(15-17)30(19-6-1-2-7-21(19)32-22)23(31)10-12-28-13-14-29-11-4-3-5-18(29)16-28/h1-2,6-9,15,18H,3-5,10-14,16H2/p+2/t18-/m1/s1. The third-order valence-electron chi connectivity index (χ3n) is 7.01. The lowest BCUT2D eigenvalue weighted by atomic mass is 9.99. The predicted octanol–water partition coefficient (Wildman–Crippen LogP) is 2.56. The zero-order chi connectivity index (χ0) is 22.3. The number of fused-ring (bicyclic) bond motifs is 3. The van der Waals surface area contributed by atoms with Crippen molar-refractivity contribution < 1.29 is 27.8 Å². The van der Waals surface area contributed by atoms with Crippen molar-refractivity contribution in [1.29, 1.82) is 0 Å². The smallest absolute Gasteiger partial charge is 0.325 e. The number of rotatable bonds is 3. The minimum Gasteiger partial charge on any atom is -0.325 e. The number of carbonyl (C=O) groups excluding carboxylic acids is 1. The van der Waals surface area contributed by atoms with Crippen LogP contribution in [0.5, 0.6) is 0 Å². The van der Waals surface area contributed by atoms with Gasteiger partial charge in [-0.05, 0) is 43.2 Å². The zero-order valence-corrected chi connectivity index (χ0v) is 18.7. The number of hydrogen-bond acceptors (Lipinski definition) is 2. The summed E-state index contributed by atoms with van der Waals surface area (Å²) in [6.07, 6.45) is -0.257. The van der Waals surface area contributed by atoms with Crippen molar-refractivity contribution in [3.05, 3.63) is 48.0 Å². The summed E-state index contributed by atoms with van der Waals surface area (Å²) in [6, 6.07) is 11.8. The van der Waals surface area contributed by atoms with E-state index in [2.05, 4.69) is 0 Å². The van der Waals surface area contributed by atoms with E-state index in [4.69, 9.17) is 0 Å². The number of quaternary nitrogens is 2. The summed E-state index contributed by atoms with van der Waals surface area (Å²) in [5.74, 6) is -0.135. The van der Waals surface area contributed by atoms with E-state index in [1.165, 1.54) is 53.4 Å². The molecule has 2 N–H and O–H groups in total. The molecule has 4 nitrogen and oxygen atoms in total. The predicted molar refractivity (Wildman–Crippen MR) is 118 cm³/mol. The van der Waals surface area contributed by atoms with Gasteiger partial charge in [0.15, 0.2) is 0 Å². The molecule has 0 radical (unpaired) electrons. The molecule has 3 aliphatic rings. The summed E-state index contributed by atoms with van der Waals surface area (Å²) in [5, 5.41) is 0. The van der Waals surface area contributed by atoms with E-state index in [-0.39, 0.29) is 5.91 Å². The Kier molecular flexibility index (Phi) is 5.94. The first kappa shape index (κ1) is 21.8. The molecule has 0 aliphatic carbocycles. The Balaban J connectivity index is 1.37. The Morgan fingerprint density at radius 1 is 1.03 bits per heavy atom. The maximum atomic E-state index is 13.4. The first-order valence-electron chi connectivity index (χ1n) is 11.4. The summed E-state index contributed by atoms with van der Waals surface area (Å²) in [5.41, 5.74) is 0.284. The molecular formula is C24H28F3N3OS+2. The molecule has 0 spiro atoms. The number of hydrogen-bond donors (Lipinski definition) is 2. The lowest BCUT2D eigenvalue weighted by Gasteiger charge is -2.39. The van der Waals surface area contributed by atoms with Crippen molar-refractivity contribution in [2.75, 3.05) is 37.6 Å². The Morgan fingerprint density at radius 2 is 1.84 bits per heavy atom. The second-order valence-electron chi connectivity index (χ2n) is 9.03. The van der Waals surface area contributed by atoms with E-state index in [1.807, 2.05) is 24.3 Å². The number of carbonyl (C=O) groups is 1. The highest BCUT2D eigenvalue weighted by Crippen LogP contribution is 2.49. The fourth-order valence-electron chi connectivity index (χ4n) is 5.34. The van der Waals surface area contributed by atoms with Gasteiger partial charge in [0.2, 0.25) is 5.91 Å². The molecule has 1 amide bonds. The molecule has 32 heavy (non-hydrogen) atoms. The average molecular weight is 464 g/mol. The molecule has 170 valence electrons. The summed E-state index contributed by atoms with van der Waals surface area (Å²) in [7, 11) is 0. The quantitative estimate of drug-likeness (QED) is 0.733. The number of amides is 1. The monoisotopic (exact) mass is 463 g/mol. The lowest BCUT2D eigenvalue weighted by Crippen LogP contribution is -3.31. The van der Waals surface area contributed by atoms with Crippen LogP contribution in [-0.2, 0) is 11.0 Å². The molecule has 3 heterocycles. The van der Waals surface area contributed by atoms with Gasteiger partial charge in [0, 0.05) is 16.2 Å². The fourth-order valence-corrected chi connectivity index (χ4v) is 6.38. The molecule has 3 atom stereocenters. The first-order chi connectivity index (χ1) is 15.4. The molecule has 5 rings (SSSR count). The van der Waals surface area contributed by atoms with Gasteiger partial charge in [-0.1, -0.05) is 23.9 Å². The Labute approximate surface area is 190 Å². The van der Waals surface area contributed by atoms with Crippen molar-refractivity contribution in [1.82, 2.24) is 0 Å². The normalized spacial score (nSPS) is 25.0. The van der Waals surface area contributed by atoms with Gasteiger partial charge in [0.25, 0.3) is 0 Å².